The summed E-state index contributed by atoms with van der Waals surface area (Å²) in [4.78, 5) is 14.2. The first-order valence-corrected chi connectivity index (χ1v) is 3.56. The van der Waals surface area contributed by atoms with Crippen LogP contribution < -0.4 is 0 Å². The van der Waals surface area contributed by atoms with Gasteiger partial charge < -0.3 is 10.2 Å². The van der Waals surface area contributed by atoms with Gasteiger partial charge in [-0.15, -0.1) is 0 Å². The lowest BCUT2D eigenvalue weighted by atomic mass is 10.4. The molecule has 0 aromatic rings. The molecular weight excluding hydrogens is 160 g/mol. The molecule has 12 heavy (non-hydrogen) atoms. The minimum absolute atomic E-state index is 0.130. The van der Waals surface area contributed by atoms with Crippen LogP contribution in [-0.4, -0.2) is 39.8 Å². The number of nitrogens with zero attached hydrogens (tertiary/aromatic N) is 2. The van der Waals surface area contributed by atoms with Gasteiger partial charge in [0, 0.05) is 6.92 Å². The lowest BCUT2D eigenvalue weighted by molar-refractivity contribution is -0.824. The van der Waals surface area contributed by atoms with Crippen molar-refractivity contribution in [3.63, 3.8) is 0 Å². The van der Waals surface area contributed by atoms with Crippen LogP contribution >= 0.6 is 0 Å². The first-order chi connectivity index (χ1) is 5.57. The molecule has 0 aromatic heterocycles. The largest absolute Gasteiger partial charge is 0.477 e. The summed E-state index contributed by atoms with van der Waals surface area (Å²) < 4.78 is -0.130. The molecule has 5 nitrogen and oxygen atoms in total. The molecule has 1 aliphatic heterocycles. The van der Waals surface area contributed by atoms with Gasteiger partial charge in [0.15, 0.2) is 19.1 Å². The van der Waals surface area contributed by atoms with Crippen LogP contribution in [0.25, 0.3) is 0 Å². The molecule has 0 radical (unpaired) electrons. The number of aliphatic imine (C=N–C) groups is 1. The average Bonchev–Trinajstić information content (AvgIpc) is 2.35. The lowest BCUT2D eigenvalue weighted by Crippen LogP contribution is -2.50. The average molecular weight is 171 g/mol. The first-order valence-electron chi connectivity index (χ1n) is 3.56. The summed E-state index contributed by atoms with van der Waals surface area (Å²) >= 11 is 0. The van der Waals surface area contributed by atoms with Crippen molar-refractivity contribution in [2.24, 2.45) is 4.99 Å². The molecule has 0 aliphatic carbocycles. The number of aliphatic hydroxyl groups excluding tert-OH is 1. The fourth-order valence-corrected chi connectivity index (χ4v) is 1.04. The summed E-state index contributed by atoms with van der Waals surface area (Å²) in [6.45, 7) is 1.35. The monoisotopic (exact) mass is 171 g/mol. The highest BCUT2D eigenvalue weighted by molar-refractivity contribution is 5.70. The van der Waals surface area contributed by atoms with Gasteiger partial charge in [-0.1, -0.05) is 0 Å². The molecule has 0 bridgehead atoms. The maximum Gasteiger partial charge on any atom is 0.360 e. The molecule has 66 valence electrons. The Kier molecular flexibility index (Phi) is 2.25. The number of hydrogen-bond donors (Lipinski definition) is 2. The molecule has 0 spiro atoms. The van der Waals surface area contributed by atoms with Crippen molar-refractivity contribution < 1.29 is 19.5 Å². The van der Waals surface area contributed by atoms with E-state index in [4.69, 9.17) is 5.11 Å². The Morgan fingerprint density at radius 1 is 1.75 bits per heavy atom. The maximum atomic E-state index is 10.4. The predicted octanol–water partition coefficient (Wildman–Crippen LogP) is -0.261. The van der Waals surface area contributed by atoms with Crippen LogP contribution in [0, 0.1) is 0 Å². The molecule has 0 fully saturated rings. The van der Waals surface area contributed by atoms with Crippen molar-refractivity contribution >= 4 is 12.3 Å². The third-order valence-electron chi connectivity index (χ3n) is 1.82. The second-order valence-corrected chi connectivity index (χ2v) is 2.74. The van der Waals surface area contributed by atoms with E-state index in [1.54, 1.807) is 6.20 Å². The number of quaternary nitrogens is 1. The van der Waals surface area contributed by atoms with E-state index in [-0.39, 0.29) is 11.0 Å². The van der Waals surface area contributed by atoms with Crippen LogP contribution in [0.1, 0.15) is 6.92 Å². The fourth-order valence-electron chi connectivity index (χ4n) is 1.04. The van der Waals surface area contributed by atoms with E-state index >= 15 is 0 Å². The number of aliphatic hydroxyl groups is 1. The zero-order valence-electron chi connectivity index (χ0n) is 6.71. The highest BCUT2D eigenvalue weighted by atomic mass is 16.4. The first kappa shape index (κ1) is 8.89. The molecule has 2 atom stereocenters. The van der Waals surface area contributed by atoms with Gasteiger partial charge in [-0.2, -0.15) is 0 Å². The maximum absolute atomic E-state index is 10.4. The molecule has 1 aliphatic rings. The molecular formula is C7H11N2O3+. The molecule has 1 rings (SSSR count). The van der Waals surface area contributed by atoms with E-state index in [9.17, 15) is 9.90 Å². The number of hydrogen-bond acceptors (Lipinski definition) is 3. The zero-order chi connectivity index (χ0) is 9.19. The Balaban J connectivity index is 2.81. The highest BCUT2D eigenvalue weighted by Crippen LogP contribution is 2.14. The quantitative estimate of drug-likeness (QED) is 0.575. The van der Waals surface area contributed by atoms with E-state index in [0.717, 1.165) is 0 Å². The van der Waals surface area contributed by atoms with Crippen molar-refractivity contribution in [3.8, 4) is 0 Å². The number of aliphatic carboxylic acids is 1. The van der Waals surface area contributed by atoms with Crippen molar-refractivity contribution in [1.82, 2.24) is 0 Å². The normalized spacial score (nSPS) is 29.2. The van der Waals surface area contributed by atoms with E-state index in [1.807, 2.05) is 0 Å². The highest BCUT2D eigenvalue weighted by Gasteiger charge is 2.34. The lowest BCUT2D eigenvalue weighted by Gasteiger charge is -2.27. The van der Waals surface area contributed by atoms with Gasteiger partial charge in [0.1, 0.15) is 6.20 Å². The Hall–Kier alpha value is -1.20. The van der Waals surface area contributed by atoms with Gasteiger partial charge in [-0.3, -0.25) is 0 Å². The van der Waals surface area contributed by atoms with Gasteiger partial charge in [0.25, 0.3) is 0 Å². The Bertz CT molecular complexity index is 233. The van der Waals surface area contributed by atoms with Gasteiger partial charge in [-0.25, -0.2) is 14.3 Å². The van der Waals surface area contributed by atoms with Gasteiger partial charge >= 0.3 is 5.97 Å². The van der Waals surface area contributed by atoms with Crippen LogP contribution in [0.4, 0.5) is 0 Å². The van der Waals surface area contributed by atoms with Gasteiger partial charge in [-0.05, 0) is 0 Å². The molecule has 2 N–H and O–H groups in total. The van der Waals surface area contributed by atoms with Crippen LogP contribution in [0.3, 0.4) is 0 Å². The molecule has 0 aromatic carbocycles. The molecule has 2 unspecified atom stereocenters. The Morgan fingerprint density at radius 2 is 2.42 bits per heavy atom. The molecule has 0 saturated heterocycles. The number of carboxylic acid groups (broad SMARTS) is 1. The molecule has 5 heteroatoms. The fraction of sp³-hybridized carbons (Fsp3) is 0.429. The summed E-state index contributed by atoms with van der Waals surface area (Å²) in [5.74, 6) is -0.964. The second kappa shape index (κ2) is 3.04. The van der Waals surface area contributed by atoms with Crippen LogP contribution in [0.2, 0.25) is 0 Å². The minimum atomic E-state index is -0.964. The summed E-state index contributed by atoms with van der Waals surface area (Å²) in [6, 6.07) is 0. The van der Waals surface area contributed by atoms with E-state index in [0.29, 0.717) is 0 Å². The smallest absolute Gasteiger partial charge is 0.360 e. The molecule has 0 saturated carbocycles. The Labute approximate surface area is 69.8 Å². The third kappa shape index (κ3) is 1.51. The third-order valence-corrected chi connectivity index (χ3v) is 1.82. The second-order valence-electron chi connectivity index (χ2n) is 2.74. The van der Waals surface area contributed by atoms with Crippen LogP contribution in [-0.2, 0) is 4.79 Å². The zero-order valence-corrected chi connectivity index (χ0v) is 6.71. The van der Waals surface area contributed by atoms with E-state index in [1.165, 1.54) is 19.5 Å². The number of rotatable bonds is 3. The number of carboxylic acids is 1. The topological polar surface area (TPSA) is 69.9 Å². The summed E-state index contributed by atoms with van der Waals surface area (Å²) in [5, 5.41) is 17.9. The SMILES string of the molecule is CC(O)[N+]1(CC(=O)O)C=CN=C1. The van der Waals surface area contributed by atoms with Crippen LogP contribution in [0.15, 0.2) is 17.4 Å². The van der Waals surface area contributed by atoms with E-state index < -0.39 is 12.2 Å². The number of carbonyl (C=O) groups is 1. The van der Waals surface area contributed by atoms with Crippen molar-refractivity contribution in [1.29, 1.82) is 0 Å². The van der Waals surface area contributed by atoms with Crippen molar-refractivity contribution in [2.75, 3.05) is 6.54 Å². The van der Waals surface area contributed by atoms with E-state index in [2.05, 4.69) is 4.99 Å². The van der Waals surface area contributed by atoms with Gasteiger partial charge in [0.2, 0.25) is 0 Å². The predicted molar refractivity (Wildman–Crippen MR) is 42.1 cm³/mol. The molecule has 0 amide bonds. The van der Waals surface area contributed by atoms with Gasteiger partial charge in [0.05, 0.1) is 6.20 Å². The summed E-state index contributed by atoms with van der Waals surface area (Å²) in [7, 11) is 0. The Morgan fingerprint density at radius 3 is 2.75 bits per heavy atom. The van der Waals surface area contributed by atoms with Crippen molar-refractivity contribution in [3.05, 3.63) is 12.4 Å². The van der Waals surface area contributed by atoms with Crippen molar-refractivity contribution in [2.45, 2.75) is 13.2 Å². The summed E-state index contributed by atoms with van der Waals surface area (Å²) in [6.07, 6.45) is 3.66. The minimum Gasteiger partial charge on any atom is -0.477 e. The molecule has 1 heterocycles. The summed E-state index contributed by atoms with van der Waals surface area (Å²) in [5.41, 5.74) is 0. The standard InChI is InChI=1S/C7H10N2O3/c1-6(10)9(4-7(11)12)3-2-8-5-9/h2-3,5-6,10H,4H2,1H3/p+1. The van der Waals surface area contributed by atoms with Crippen LogP contribution in [0.5, 0.6) is 0 Å².